The fourth-order valence-corrected chi connectivity index (χ4v) is 1.18. The summed E-state index contributed by atoms with van der Waals surface area (Å²) in [5.41, 5.74) is 0.129. The molecular formula is C8H15BO. The maximum absolute atomic E-state index is 10.4. The van der Waals surface area contributed by atoms with Gasteiger partial charge in [-0.15, -0.1) is 0 Å². The molecule has 0 heterocycles. The van der Waals surface area contributed by atoms with Crippen molar-refractivity contribution in [2.45, 2.75) is 39.4 Å². The fourth-order valence-electron chi connectivity index (χ4n) is 1.18. The number of aldehydes is 1. The van der Waals surface area contributed by atoms with Gasteiger partial charge in [0.05, 0.1) is 7.85 Å². The Morgan fingerprint density at radius 3 is 1.80 bits per heavy atom. The van der Waals surface area contributed by atoms with Gasteiger partial charge in [0, 0.05) is 0 Å². The highest BCUT2D eigenvalue weighted by Crippen LogP contribution is 2.34. The molecule has 0 amide bonds. The van der Waals surface area contributed by atoms with Crippen molar-refractivity contribution < 1.29 is 4.79 Å². The van der Waals surface area contributed by atoms with Crippen molar-refractivity contribution in [3.05, 3.63) is 0 Å². The zero-order chi connectivity index (χ0) is 8.41. The van der Waals surface area contributed by atoms with E-state index in [4.69, 9.17) is 7.85 Å². The van der Waals surface area contributed by atoms with E-state index in [0.29, 0.717) is 0 Å². The minimum absolute atomic E-state index is 0.129. The lowest BCUT2D eigenvalue weighted by Crippen LogP contribution is -2.19. The quantitative estimate of drug-likeness (QED) is 0.421. The SMILES string of the molecule is [B]C(C)(C=O)CC(C)(C)C. The van der Waals surface area contributed by atoms with E-state index in [1.807, 2.05) is 0 Å². The third-order valence-electron chi connectivity index (χ3n) is 1.18. The van der Waals surface area contributed by atoms with E-state index in [-0.39, 0.29) is 5.41 Å². The Morgan fingerprint density at radius 1 is 1.30 bits per heavy atom. The molecule has 0 N–H and O–H groups in total. The minimum Gasteiger partial charge on any atom is -0.304 e. The molecule has 2 heteroatoms. The third kappa shape index (κ3) is 4.60. The summed E-state index contributed by atoms with van der Waals surface area (Å²) in [7, 11) is 5.63. The van der Waals surface area contributed by atoms with Crippen LogP contribution in [0.2, 0.25) is 5.31 Å². The number of hydrogen-bond acceptors (Lipinski definition) is 1. The molecule has 0 aliphatic carbocycles. The normalized spacial score (nSPS) is 18.0. The van der Waals surface area contributed by atoms with Crippen LogP contribution >= 0.6 is 0 Å². The molecule has 0 aliphatic rings. The lowest BCUT2D eigenvalue weighted by Gasteiger charge is -2.27. The number of carbonyl (C=O) groups excluding carboxylic acids is 1. The van der Waals surface area contributed by atoms with Gasteiger partial charge in [0.1, 0.15) is 6.29 Å². The molecule has 10 heavy (non-hydrogen) atoms. The van der Waals surface area contributed by atoms with E-state index in [2.05, 4.69) is 20.8 Å². The predicted octanol–water partition coefficient (Wildman–Crippen LogP) is 1.97. The molecule has 2 radical (unpaired) electrons. The van der Waals surface area contributed by atoms with Crippen molar-refractivity contribution >= 4 is 14.1 Å². The largest absolute Gasteiger partial charge is 0.304 e. The molecule has 0 saturated carbocycles. The maximum Gasteiger partial charge on any atom is 0.117 e. The molecule has 0 rings (SSSR count). The highest BCUT2D eigenvalue weighted by molar-refractivity contribution is 6.23. The van der Waals surface area contributed by atoms with Crippen LogP contribution in [0.1, 0.15) is 34.1 Å². The van der Waals surface area contributed by atoms with E-state index in [0.717, 1.165) is 12.7 Å². The van der Waals surface area contributed by atoms with Crippen LogP contribution in [0.4, 0.5) is 0 Å². The van der Waals surface area contributed by atoms with Crippen LogP contribution in [0.25, 0.3) is 0 Å². The molecule has 0 spiro atoms. The van der Waals surface area contributed by atoms with Gasteiger partial charge in [-0.25, -0.2) is 0 Å². The summed E-state index contributed by atoms with van der Waals surface area (Å²) in [6.45, 7) is 7.97. The summed E-state index contributed by atoms with van der Waals surface area (Å²) in [4.78, 5) is 10.4. The summed E-state index contributed by atoms with van der Waals surface area (Å²) in [6.07, 6.45) is 1.54. The summed E-state index contributed by atoms with van der Waals surface area (Å²) < 4.78 is 0. The van der Waals surface area contributed by atoms with Crippen molar-refractivity contribution in [2.75, 3.05) is 0 Å². The highest BCUT2D eigenvalue weighted by atomic mass is 16.1. The average Bonchev–Trinajstić information content (AvgIpc) is 1.60. The van der Waals surface area contributed by atoms with E-state index >= 15 is 0 Å². The van der Waals surface area contributed by atoms with E-state index < -0.39 is 5.31 Å². The summed E-state index contributed by atoms with van der Waals surface area (Å²) in [5, 5.41) is -0.655. The highest BCUT2D eigenvalue weighted by Gasteiger charge is 2.23. The standard InChI is InChI=1S/C8H15BO/c1-7(2,3)5-8(4,9)6-10/h6H,5H2,1-4H3. The van der Waals surface area contributed by atoms with Crippen LogP contribution in [0.5, 0.6) is 0 Å². The molecule has 1 atom stereocenters. The lowest BCUT2D eigenvalue weighted by molar-refractivity contribution is -0.110. The Bertz CT molecular complexity index is 122. The Balaban J connectivity index is 4.01. The Hall–Kier alpha value is -0.265. The molecule has 0 saturated heterocycles. The van der Waals surface area contributed by atoms with Gasteiger partial charge in [-0.2, -0.15) is 0 Å². The Kier molecular flexibility index (Phi) is 2.70. The van der Waals surface area contributed by atoms with E-state index in [1.54, 1.807) is 6.92 Å². The summed E-state index contributed by atoms with van der Waals surface area (Å²) >= 11 is 0. The van der Waals surface area contributed by atoms with Crippen molar-refractivity contribution in [2.24, 2.45) is 5.41 Å². The van der Waals surface area contributed by atoms with Gasteiger partial charge in [-0.05, 0) is 17.2 Å². The monoisotopic (exact) mass is 138 g/mol. The van der Waals surface area contributed by atoms with Gasteiger partial charge in [-0.3, -0.25) is 0 Å². The maximum atomic E-state index is 10.4. The first-order valence-electron chi connectivity index (χ1n) is 3.52. The second-order valence-corrected chi connectivity index (χ2v) is 4.36. The van der Waals surface area contributed by atoms with Crippen LogP contribution in [-0.2, 0) is 4.79 Å². The molecule has 0 aliphatic heterocycles. The van der Waals surface area contributed by atoms with E-state index in [9.17, 15) is 4.79 Å². The molecule has 0 aromatic carbocycles. The molecule has 0 fully saturated rings. The fraction of sp³-hybridized carbons (Fsp3) is 0.875. The number of hydrogen-bond donors (Lipinski definition) is 0. The molecule has 0 aromatic heterocycles. The van der Waals surface area contributed by atoms with Gasteiger partial charge in [0.25, 0.3) is 0 Å². The van der Waals surface area contributed by atoms with Gasteiger partial charge >= 0.3 is 0 Å². The van der Waals surface area contributed by atoms with Gasteiger partial charge in [0.2, 0.25) is 0 Å². The summed E-state index contributed by atoms with van der Waals surface area (Å²) in [5.74, 6) is 0. The van der Waals surface area contributed by atoms with Crippen molar-refractivity contribution in [3.8, 4) is 0 Å². The van der Waals surface area contributed by atoms with Gasteiger partial charge in [-0.1, -0.05) is 27.7 Å². The van der Waals surface area contributed by atoms with Crippen LogP contribution in [0.15, 0.2) is 0 Å². The van der Waals surface area contributed by atoms with Crippen molar-refractivity contribution in [3.63, 3.8) is 0 Å². The number of carbonyl (C=O) groups is 1. The average molecular weight is 138 g/mol. The van der Waals surface area contributed by atoms with Gasteiger partial charge < -0.3 is 4.79 Å². The topological polar surface area (TPSA) is 17.1 Å². The van der Waals surface area contributed by atoms with Gasteiger partial charge in [0.15, 0.2) is 0 Å². The first kappa shape index (κ1) is 9.73. The lowest BCUT2D eigenvalue weighted by atomic mass is 9.63. The van der Waals surface area contributed by atoms with Crippen LogP contribution in [0.3, 0.4) is 0 Å². The molecule has 1 unspecified atom stereocenters. The second kappa shape index (κ2) is 2.77. The molecule has 0 bridgehead atoms. The first-order valence-corrected chi connectivity index (χ1v) is 3.52. The van der Waals surface area contributed by atoms with E-state index in [1.165, 1.54) is 0 Å². The Labute approximate surface area is 64.6 Å². The third-order valence-corrected chi connectivity index (χ3v) is 1.18. The Morgan fingerprint density at radius 2 is 1.70 bits per heavy atom. The zero-order valence-electron chi connectivity index (χ0n) is 7.27. The van der Waals surface area contributed by atoms with Crippen LogP contribution < -0.4 is 0 Å². The molecule has 1 nitrogen and oxygen atoms in total. The molecular weight excluding hydrogens is 123 g/mol. The molecule has 56 valence electrons. The zero-order valence-corrected chi connectivity index (χ0v) is 7.27. The predicted molar refractivity (Wildman–Crippen MR) is 44.3 cm³/mol. The number of rotatable bonds is 2. The smallest absolute Gasteiger partial charge is 0.117 e. The minimum atomic E-state index is -0.655. The first-order chi connectivity index (χ1) is 4.27. The van der Waals surface area contributed by atoms with Crippen molar-refractivity contribution in [1.29, 1.82) is 0 Å². The molecule has 0 aromatic rings. The summed E-state index contributed by atoms with van der Waals surface area (Å²) in [6, 6.07) is 0. The van der Waals surface area contributed by atoms with Crippen LogP contribution in [0, 0.1) is 5.41 Å². The van der Waals surface area contributed by atoms with Crippen LogP contribution in [-0.4, -0.2) is 14.1 Å². The second-order valence-electron chi connectivity index (χ2n) is 4.36. The van der Waals surface area contributed by atoms with Crippen molar-refractivity contribution in [1.82, 2.24) is 0 Å².